The van der Waals surface area contributed by atoms with Gasteiger partial charge >= 0.3 is 5.97 Å². The van der Waals surface area contributed by atoms with Crippen LogP contribution in [0.2, 0.25) is 0 Å². The predicted molar refractivity (Wildman–Crippen MR) is 82.4 cm³/mol. The van der Waals surface area contributed by atoms with Gasteiger partial charge in [-0.2, -0.15) is 0 Å². The van der Waals surface area contributed by atoms with Crippen molar-refractivity contribution in [1.82, 2.24) is 0 Å². The molecule has 1 aliphatic carbocycles. The fourth-order valence-corrected chi connectivity index (χ4v) is 3.15. The second kappa shape index (κ2) is 6.88. The molecule has 0 radical (unpaired) electrons. The summed E-state index contributed by atoms with van der Waals surface area (Å²) in [7, 11) is 0. The van der Waals surface area contributed by atoms with Crippen molar-refractivity contribution in [3.63, 3.8) is 0 Å². The molecule has 21 heavy (non-hydrogen) atoms. The second-order valence-corrected chi connectivity index (χ2v) is 6.51. The van der Waals surface area contributed by atoms with Gasteiger partial charge in [0, 0.05) is 5.56 Å². The zero-order valence-electron chi connectivity index (χ0n) is 13.0. The van der Waals surface area contributed by atoms with Gasteiger partial charge in [-0.1, -0.05) is 39.3 Å². The van der Waals surface area contributed by atoms with Crippen LogP contribution in [0, 0.1) is 17.8 Å². The summed E-state index contributed by atoms with van der Waals surface area (Å²) < 4.78 is 5.77. The monoisotopic (exact) mass is 288 g/mol. The fourth-order valence-electron chi connectivity index (χ4n) is 3.15. The number of carbonyl (C=O) groups excluding carboxylic acids is 2. The lowest BCUT2D eigenvalue weighted by atomic mass is 9.75. The van der Waals surface area contributed by atoms with E-state index in [0.29, 0.717) is 28.9 Å². The van der Waals surface area contributed by atoms with E-state index in [1.807, 2.05) is 0 Å². The molecule has 1 aliphatic rings. The molecule has 0 bridgehead atoms. The average Bonchev–Trinajstić information content (AvgIpc) is 2.47. The minimum Gasteiger partial charge on any atom is -0.458 e. The van der Waals surface area contributed by atoms with Gasteiger partial charge in [-0.15, -0.1) is 0 Å². The van der Waals surface area contributed by atoms with Crippen LogP contribution in [0.5, 0.6) is 0 Å². The topological polar surface area (TPSA) is 43.4 Å². The Hall–Kier alpha value is -1.64. The van der Waals surface area contributed by atoms with Crippen LogP contribution in [0.15, 0.2) is 24.3 Å². The molecular weight excluding hydrogens is 264 g/mol. The molecule has 1 saturated carbocycles. The molecule has 0 saturated heterocycles. The number of ether oxygens (including phenoxy) is 1. The summed E-state index contributed by atoms with van der Waals surface area (Å²) in [5.74, 6) is 1.29. The minimum absolute atomic E-state index is 0.00648. The van der Waals surface area contributed by atoms with E-state index in [9.17, 15) is 9.59 Å². The van der Waals surface area contributed by atoms with Gasteiger partial charge < -0.3 is 4.74 Å². The summed E-state index contributed by atoms with van der Waals surface area (Å²) in [6.45, 7) is 6.61. The van der Waals surface area contributed by atoms with Gasteiger partial charge in [-0.25, -0.2) is 4.79 Å². The van der Waals surface area contributed by atoms with Crippen molar-refractivity contribution in [3.8, 4) is 0 Å². The highest BCUT2D eigenvalue weighted by Gasteiger charge is 2.33. The van der Waals surface area contributed by atoms with E-state index in [1.54, 1.807) is 24.3 Å². The first-order valence-electron chi connectivity index (χ1n) is 7.77. The summed E-state index contributed by atoms with van der Waals surface area (Å²) in [6.07, 6.45) is 4.06. The van der Waals surface area contributed by atoms with Crippen molar-refractivity contribution < 1.29 is 14.3 Å². The van der Waals surface area contributed by atoms with Crippen LogP contribution in [-0.2, 0) is 4.74 Å². The van der Waals surface area contributed by atoms with Gasteiger partial charge in [-0.3, -0.25) is 4.79 Å². The molecule has 2 rings (SSSR count). The van der Waals surface area contributed by atoms with Crippen molar-refractivity contribution >= 4 is 12.3 Å². The van der Waals surface area contributed by atoms with Gasteiger partial charge in [0.15, 0.2) is 0 Å². The molecule has 0 unspecified atom stereocenters. The first-order valence-corrected chi connectivity index (χ1v) is 7.77. The highest BCUT2D eigenvalue weighted by molar-refractivity contribution is 5.90. The summed E-state index contributed by atoms with van der Waals surface area (Å²) in [5, 5.41) is 0. The Kier molecular flexibility index (Phi) is 5.16. The number of hydrogen-bond acceptors (Lipinski definition) is 3. The Morgan fingerprint density at radius 1 is 1.24 bits per heavy atom. The average molecular weight is 288 g/mol. The van der Waals surface area contributed by atoms with E-state index in [2.05, 4.69) is 20.8 Å². The van der Waals surface area contributed by atoms with Gasteiger partial charge in [0.25, 0.3) is 0 Å². The molecule has 0 spiro atoms. The van der Waals surface area contributed by atoms with E-state index >= 15 is 0 Å². The number of carbonyl (C=O) groups is 2. The molecule has 1 aromatic rings. The van der Waals surface area contributed by atoms with Crippen molar-refractivity contribution in [2.75, 3.05) is 0 Å². The zero-order chi connectivity index (χ0) is 15.4. The number of esters is 1. The van der Waals surface area contributed by atoms with E-state index in [1.165, 1.54) is 6.42 Å². The van der Waals surface area contributed by atoms with Gasteiger partial charge in [0.2, 0.25) is 0 Å². The summed E-state index contributed by atoms with van der Waals surface area (Å²) in [4.78, 5) is 22.9. The second-order valence-electron chi connectivity index (χ2n) is 6.51. The molecule has 3 heteroatoms. The van der Waals surface area contributed by atoms with Gasteiger partial charge in [0.1, 0.15) is 12.4 Å². The van der Waals surface area contributed by atoms with Gasteiger partial charge in [0.05, 0.1) is 5.56 Å². The number of aldehydes is 1. The number of hydrogen-bond donors (Lipinski definition) is 0. The van der Waals surface area contributed by atoms with Crippen LogP contribution in [-0.4, -0.2) is 18.4 Å². The molecule has 0 aromatic heterocycles. The lowest BCUT2D eigenvalue weighted by Crippen LogP contribution is -2.35. The highest BCUT2D eigenvalue weighted by atomic mass is 16.5. The van der Waals surface area contributed by atoms with Crippen LogP contribution in [0.25, 0.3) is 0 Å². The molecule has 0 aliphatic heterocycles. The van der Waals surface area contributed by atoms with Crippen LogP contribution < -0.4 is 0 Å². The Morgan fingerprint density at radius 3 is 2.48 bits per heavy atom. The molecule has 0 N–H and O–H groups in total. The minimum atomic E-state index is -0.280. The third-order valence-electron chi connectivity index (χ3n) is 4.50. The van der Waals surface area contributed by atoms with Crippen LogP contribution >= 0.6 is 0 Å². The third-order valence-corrected chi connectivity index (χ3v) is 4.50. The standard InChI is InChI=1S/C18H24O3/c1-12(2)16-9-4-13(3)10-17(16)21-18(20)15-7-5-14(11-19)6-8-15/h5-8,11-13,16-17H,4,9-10H2,1-3H3/t13-,16+,17-/m0/s1. The lowest BCUT2D eigenvalue weighted by Gasteiger charge is -2.36. The first kappa shape index (κ1) is 15.7. The molecular formula is C18H24O3. The fraction of sp³-hybridized carbons (Fsp3) is 0.556. The normalized spacial score (nSPS) is 25.6. The van der Waals surface area contributed by atoms with Crippen molar-refractivity contribution in [1.29, 1.82) is 0 Å². The van der Waals surface area contributed by atoms with Crippen LogP contribution in [0.4, 0.5) is 0 Å². The van der Waals surface area contributed by atoms with E-state index in [-0.39, 0.29) is 12.1 Å². The van der Waals surface area contributed by atoms with Crippen LogP contribution in [0.1, 0.15) is 60.7 Å². The molecule has 0 heterocycles. The maximum atomic E-state index is 12.3. The number of benzene rings is 1. The molecule has 0 amide bonds. The summed E-state index contributed by atoms with van der Waals surface area (Å²) in [6, 6.07) is 6.60. The van der Waals surface area contributed by atoms with Crippen molar-refractivity contribution in [3.05, 3.63) is 35.4 Å². The Labute approximate surface area is 126 Å². The maximum Gasteiger partial charge on any atom is 0.338 e. The highest BCUT2D eigenvalue weighted by Crippen LogP contribution is 2.35. The summed E-state index contributed by atoms with van der Waals surface area (Å²) >= 11 is 0. The van der Waals surface area contributed by atoms with Crippen molar-refractivity contribution in [2.45, 2.75) is 46.1 Å². The first-order chi connectivity index (χ1) is 10.0. The largest absolute Gasteiger partial charge is 0.458 e. The zero-order valence-corrected chi connectivity index (χ0v) is 13.0. The Bertz CT molecular complexity index is 490. The Morgan fingerprint density at radius 2 is 1.90 bits per heavy atom. The van der Waals surface area contributed by atoms with E-state index in [0.717, 1.165) is 19.1 Å². The molecule has 114 valence electrons. The molecule has 1 fully saturated rings. The van der Waals surface area contributed by atoms with E-state index < -0.39 is 0 Å². The van der Waals surface area contributed by atoms with Gasteiger partial charge in [-0.05, 0) is 42.7 Å². The molecule has 3 atom stereocenters. The molecule has 3 nitrogen and oxygen atoms in total. The summed E-state index contributed by atoms with van der Waals surface area (Å²) in [5.41, 5.74) is 1.08. The third kappa shape index (κ3) is 3.93. The maximum absolute atomic E-state index is 12.3. The predicted octanol–water partition coefficient (Wildman–Crippen LogP) is 4.12. The molecule has 1 aromatic carbocycles. The Balaban J connectivity index is 2.06. The van der Waals surface area contributed by atoms with Crippen molar-refractivity contribution in [2.24, 2.45) is 17.8 Å². The SMILES string of the molecule is CC(C)[C@H]1CC[C@H](C)C[C@@H]1OC(=O)c1ccc(C=O)cc1. The van der Waals surface area contributed by atoms with Crippen LogP contribution in [0.3, 0.4) is 0 Å². The lowest BCUT2D eigenvalue weighted by molar-refractivity contribution is -0.0174. The van der Waals surface area contributed by atoms with E-state index in [4.69, 9.17) is 4.74 Å². The number of rotatable bonds is 4. The quantitative estimate of drug-likeness (QED) is 0.618. The smallest absolute Gasteiger partial charge is 0.338 e.